The molecular weight excluding hydrogens is 262 g/mol. The van der Waals surface area contributed by atoms with Crippen molar-refractivity contribution in [3.05, 3.63) is 35.4 Å². The summed E-state index contributed by atoms with van der Waals surface area (Å²) in [6.07, 6.45) is 1.78. The van der Waals surface area contributed by atoms with Crippen LogP contribution in [0.4, 0.5) is 0 Å². The summed E-state index contributed by atoms with van der Waals surface area (Å²) in [5, 5.41) is 3.45. The second kappa shape index (κ2) is 5.14. The summed E-state index contributed by atoms with van der Waals surface area (Å²) in [5.74, 6) is 0.290. The third-order valence-corrected chi connectivity index (χ3v) is 4.71. The van der Waals surface area contributed by atoms with Crippen molar-refractivity contribution >= 4 is 18.4 Å². The maximum atomic E-state index is 12.3. The van der Waals surface area contributed by atoms with E-state index in [0.29, 0.717) is 12.0 Å². The molecule has 3 rings (SSSR count). The van der Waals surface area contributed by atoms with Crippen molar-refractivity contribution < 1.29 is 9.53 Å². The molecule has 3 unspecified atom stereocenters. The Morgan fingerprint density at radius 3 is 2.74 bits per heavy atom. The van der Waals surface area contributed by atoms with E-state index in [2.05, 4.69) is 36.5 Å². The van der Waals surface area contributed by atoms with E-state index in [0.717, 1.165) is 19.4 Å². The minimum atomic E-state index is -0.359. The Bertz CT molecular complexity index is 491. The molecule has 2 aliphatic rings. The first-order valence-electron chi connectivity index (χ1n) is 6.56. The van der Waals surface area contributed by atoms with E-state index in [-0.39, 0.29) is 23.8 Å². The Balaban J connectivity index is 0.00000133. The quantitative estimate of drug-likeness (QED) is 0.800. The van der Waals surface area contributed by atoms with Gasteiger partial charge < -0.3 is 10.1 Å². The summed E-state index contributed by atoms with van der Waals surface area (Å²) in [7, 11) is 1.50. The van der Waals surface area contributed by atoms with Gasteiger partial charge in [-0.05, 0) is 36.8 Å². The average Bonchev–Trinajstić information content (AvgIpc) is 2.74. The fourth-order valence-electron chi connectivity index (χ4n) is 3.67. The van der Waals surface area contributed by atoms with Crippen LogP contribution in [0.15, 0.2) is 24.3 Å². The first-order valence-corrected chi connectivity index (χ1v) is 6.56. The van der Waals surface area contributed by atoms with E-state index in [1.807, 2.05) is 0 Å². The minimum absolute atomic E-state index is 0. The van der Waals surface area contributed by atoms with Crippen LogP contribution >= 0.6 is 12.4 Å². The molecule has 3 nitrogen and oxygen atoms in total. The Morgan fingerprint density at radius 1 is 1.37 bits per heavy atom. The summed E-state index contributed by atoms with van der Waals surface area (Å²) < 4.78 is 5.08. The lowest BCUT2D eigenvalue weighted by Gasteiger charge is -2.38. The Hall–Kier alpha value is -1.06. The number of esters is 1. The number of fused-ring (bicyclic) bond motifs is 2. The topological polar surface area (TPSA) is 38.3 Å². The van der Waals surface area contributed by atoms with Gasteiger partial charge in [-0.25, -0.2) is 0 Å². The molecule has 3 atom stereocenters. The van der Waals surface area contributed by atoms with Crippen LogP contribution in [-0.4, -0.2) is 25.7 Å². The van der Waals surface area contributed by atoms with Crippen LogP contribution in [0.25, 0.3) is 0 Å². The first-order chi connectivity index (χ1) is 8.67. The normalized spacial score (nSPS) is 31.9. The van der Waals surface area contributed by atoms with Gasteiger partial charge in [0.15, 0.2) is 0 Å². The molecule has 1 aliphatic carbocycles. The van der Waals surface area contributed by atoms with Crippen molar-refractivity contribution in [1.29, 1.82) is 0 Å². The predicted molar refractivity (Wildman–Crippen MR) is 76.5 cm³/mol. The van der Waals surface area contributed by atoms with Gasteiger partial charge in [-0.1, -0.05) is 24.3 Å². The molecule has 0 saturated carbocycles. The third-order valence-electron chi connectivity index (χ3n) is 4.71. The zero-order chi connectivity index (χ0) is 12.8. The van der Waals surface area contributed by atoms with Gasteiger partial charge in [-0.15, -0.1) is 12.4 Å². The highest BCUT2D eigenvalue weighted by molar-refractivity contribution is 5.85. The summed E-state index contributed by atoms with van der Waals surface area (Å²) in [6, 6.07) is 8.82. The van der Waals surface area contributed by atoms with Crippen molar-refractivity contribution in [1.82, 2.24) is 5.32 Å². The smallest absolute Gasteiger partial charge is 0.313 e. The van der Waals surface area contributed by atoms with E-state index in [1.165, 1.54) is 18.2 Å². The molecule has 1 aliphatic heterocycles. The van der Waals surface area contributed by atoms with Gasteiger partial charge in [0.25, 0.3) is 0 Å². The van der Waals surface area contributed by atoms with Crippen molar-refractivity contribution in [2.24, 2.45) is 11.3 Å². The number of methoxy groups -OCH3 is 1. The zero-order valence-electron chi connectivity index (χ0n) is 11.3. The van der Waals surface area contributed by atoms with Crippen molar-refractivity contribution in [2.45, 2.75) is 25.8 Å². The summed E-state index contributed by atoms with van der Waals surface area (Å²) in [4.78, 5) is 12.3. The van der Waals surface area contributed by atoms with Gasteiger partial charge in [-0.2, -0.15) is 0 Å². The van der Waals surface area contributed by atoms with Gasteiger partial charge in [0, 0.05) is 12.6 Å². The summed E-state index contributed by atoms with van der Waals surface area (Å²) >= 11 is 0. The molecular formula is C15H20ClNO2. The molecule has 0 radical (unpaired) electrons. The highest BCUT2D eigenvalue weighted by atomic mass is 35.5. The van der Waals surface area contributed by atoms with Crippen LogP contribution in [0.2, 0.25) is 0 Å². The molecule has 1 N–H and O–H groups in total. The van der Waals surface area contributed by atoms with E-state index < -0.39 is 0 Å². The lowest BCUT2D eigenvalue weighted by Crippen LogP contribution is -2.46. The zero-order valence-corrected chi connectivity index (χ0v) is 12.1. The number of ether oxygens (including phenoxy) is 1. The minimum Gasteiger partial charge on any atom is -0.469 e. The number of rotatable bonds is 1. The first kappa shape index (κ1) is 14.4. The molecule has 0 spiro atoms. The maximum Gasteiger partial charge on any atom is 0.313 e. The summed E-state index contributed by atoms with van der Waals surface area (Å²) in [6.45, 7) is 2.91. The second-order valence-corrected chi connectivity index (χ2v) is 5.57. The number of hydrogen-bond acceptors (Lipinski definition) is 3. The third kappa shape index (κ3) is 2.05. The van der Waals surface area contributed by atoms with Crippen LogP contribution < -0.4 is 5.32 Å². The highest BCUT2D eigenvalue weighted by Crippen LogP contribution is 2.45. The van der Waals surface area contributed by atoms with Crippen LogP contribution in [0.3, 0.4) is 0 Å². The molecule has 0 bridgehead atoms. The summed E-state index contributed by atoms with van der Waals surface area (Å²) in [5.41, 5.74) is 2.33. The van der Waals surface area contributed by atoms with Crippen molar-refractivity contribution in [2.75, 3.05) is 13.7 Å². The molecule has 0 amide bonds. The maximum absolute atomic E-state index is 12.3. The van der Waals surface area contributed by atoms with E-state index in [9.17, 15) is 4.79 Å². The van der Waals surface area contributed by atoms with E-state index in [1.54, 1.807) is 0 Å². The molecule has 1 fully saturated rings. The van der Waals surface area contributed by atoms with Crippen LogP contribution in [0.5, 0.6) is 0 Å². The number of carbonyl (C=O) groups excluding carboxylic acids is 1. The fourth-order valence-corrected chi connectivity index (χ4v) is 3.67. The van der Waals surface area contributed by atoms with Gasteiger partial charge in [0.2, 0.25) is 0 Å². The second-order valence-electron chi connectivity index (χ2n) is 5.57. The highest BCUT2D eigenvalue weighted by Gasteiger charge is 2.54. The Morgan fingerprint density at radius 2 is 2.05 bits per heavy atom. The van der Waals surface area contributed by atoms with Gasteiger partial charge in [0.05, 0.1) is 12.5 Å². The van der Waals surface area contributed by atoms with Crippen LogP contribution in [-0.2, 0) is 22.4 Å². The van der Waals surface area contributed by atoms with Crippen molar-refractivity contribution in [3.8, 4) is 0 Å². The number of halogens is 1. The monoisotopic (exact) mass is 281 g/mol. The Kier molecular flexibility index (Phi) is 3.88. The van der Waals surface area contributed by atoms with E-state index in [4.69, 9.17) is 4.74 Å². The number of hydrogen-bond donors (Lipinski definition) is 1. The van der Waals surface area contributed by atoms with Gasteiger partial charge in [0.1, 0.15) is 0 Å². The standard InChI is InChI=1S/C15H19NO2.ClH/c1-10-13-7-11-5-3-4-6-12(11)8-15(13,9-16-10)14(17)18-2;/h3-6,10,13,16H,7-9H2,1-2H3;1H. The molecule has 0 aromatic heterocycles. The molecule has 1 saturated heterocycles. The molecule has 19 heavy (non-hydrogen) atoms. The lowest BCUT2D eigenvalue weighted by molar-refractivity contribution is -0.154. The van der Waals surface area contributed by atoms with E-state index >= 15 is 0 Å². The molecule has 4 heteroatoms. The molecule has 1 heterocycles. The Labute approximate surface area is 120 Å². The largest absolute Gasteiger partial charge is 0.469 e. The number of carbonyl (C=O) groups is 1. The number of benzene rings is 1. The fraction of sp³-hybridized carbons (Fsp3) is 0.533. The van der Waals surface area contributed by atoms with Gasteiger partial charge >= 0.3 is 5.97 Å². The average molecular weight is 282 g/mol. The van der Waals surface area contributed by atoms with Crippen LogP contribution in [0.1, 0.15) is 18.1 Å². The predicted octanol–water partition coefficient (Wildman–Crippen LogP) is 1.97. The lowest BCUT2D eigenvalue weighted by atomic mass is 9.64. The SMILES string of the molecule is COC(=O)C12CNC(C)C1Cc1ccccc1C2.Cl. The molecule has 1 aromatic rings. The molecule has 104 valence electrons. The van der Waals surface area contributed by atoms with Crippen LogP contribution in [0, 0.1) is 11.3 Å². The van der Waals surface area contributed by atoms with Gasteiger partial charge in [-0.3, -0.25) is 4.79 Å². The number of nitrogens with one attached hydrogen (secondary N) is 1. The van der Waals surface area contributed by atoms with Crippen molar-refractivity contribution in [3.63, 3.8) is 0 Å². The molecule has 1 aromatic carbocycles.